The molecule has 2 atom stereocenters. The summed E-state index contributed by atoms with van der Waals surface area (Å²) in [7, 11) is -4.02. The number of benzene rings is 1. The van der Waals surface area contributed by atoms with Gasteiger partial charge in [-0.15, -0.1) is 0 Å². The molecule has 116 valence electrons. The number of sulfonamides is 1. The minimum absolute atomic E-state index is 0.120. The first kappa shape index (κ1) is 15.7. The van der Waals surface area contributed by atoms with Crippen LogP contribution < -0.4 is 5.73 Å². The minimum Gasteiger partial charge on any atom is -0.393 e. The number of aliphatic hydroxyl groups is 1. The lowest BCUT2D eigenvalue weighted by atomic mass is 9.99. The molecule has 1 saturated heterocycles. The largest absolute Gasteiger partial charge is 0.393 e. The molecule has 0 saturated carbocycles. The van der Waals surface area contributed by atoms with Crippen molar-refractivity contribution in [1.29, 1.82) is 0 Å². The monoisotopic (exact) mass is 315 g/mol. The Hall–Kier alpha value is -1.71. The van der Waals surface area contributed by atoms with Gasteiger partial charge in [0.1, 0.15) is 5.69 Å². The van der Waals surface area contributed by atoms with Crippen LogP contribution in [0.5, 0.6) is 0 Å². The first-order valence-corrected chi connectivity index (χ1v) is 7.90. The van der Waals surface area contributed by atoms with Crippen LogP contribution in [0.25, 0.3) is 0 Å². The number of nitro benzene ring substituents is 1. The molecule has 1 aliphatic heterocycles. The second kappa shape index (κ2) is 5.58. The number of nitrogen functional groups attached to an aromatic ring is 1. The number of anilines is 1. The van der Waals surface area contributed by atoms with E-state index in [1.807, 2.05) is 0 Å². The molecular formula is C12H17N3O5S. The van der Waals surface area contributed by atoms with Gasteiger partial charge in [0.2, 0.25) is 10.0 Å². The van der Waals surface area contributed by atoms with Gasteiger partial charge in [-0.25, -0.2) is 8.42 Å². The third-order valence-electron chi connectivity index (χ3n) is 3.65. The fourth-order valence-corrected chi connectivity index (χ4v) is 4.14. The third kappa shape index (κ3) is 2.85. The van der Waals surface area contributed by atoms with Crippen molar-refractivity contribution < 1.29 is 18.4 Å². The Bertz CT molecular complexity index is 661. The van der Waals surface area contributed by atoms with E-state index >= 15 is 0 Å². The van der Waals surface area contributed by atoms with Crippen LogP contribution in [0, 0.1) is 16.0 Å². The van der Waals surface area contributed by atoms with E-state index in [1.54, 1.807) is 6.92 Å². The van der Waals surface area contributed by atoms with E-state index in [4.69, 9.17) is 5.73 Å². The highest BCUT2D eigenvalue weighted by molar-refractivity contribution is 7.89. The molecule has 0 amide bonds. The summed E-state index contributed by atoms with van der Waals surface area (Å²) in [6.45, 7) is 1.98. The molecule has 0 spiro atoms. The van der Waals surface area contributed by atoms with Gasteiger partial charge in [-0.1, -0.05) is 13.0 Å². The van der Waals surface area contributed by atoms with E-state index in [1.165, 1.54) is 18.2 Å². The molecule has 2 unspecified atom stereocenters. The number of hydrogen-bond donors (Lipinski definition) is 2. The van der Waals surface area contributed by atoms with Crippen molar-refractivity contribution in [3.8, 4) is 0 Å². The van der Waals surface area contributed by atoms with Gasteiger partial charge >= 0.3 is 5.69 Å². The zero-order valence-electron chi connectivity index (χ0n) is 11.5. The second-order valence-corrected chi connectivity index (χ2v) is 7.05. The highest BCUT2D eigenvalue weighted by Crippen LogP contribution is 2.33. The van der Waals surface area contributed by atoms with E-state index in [0.29, 0.717) is 6.42 Å². The van der Waals surface area contributed by atoms with Crippen molar-refractivity contribution in [3.05, 3.63) is 28.3 Å². The molecule has 1 aliphatic rings. The Morgan fingerprint density at radius 1 is 1.48 bits per heavy atom. The number of nitrogens with two attached hydrogens (primary N) is 1. The summed E-state index contributed by atoms with van der Waals surface area (Å²) in [4.78, 5) is 9.90. The molecule has 0 aromatic heterocycles. The van der Waals surface area contributed by atoms with Crippen molar-refractivity contribution in [2.45, 2.75) is 24.3 Å². The summed E-state index contributed by atoms with van der Waals surface area (Å²) in [5.41, 5.74) is 4.74. The van der Waals surface area contributed by atoms with Gasteiger partial charge in [0.15, 0.2) is 4.90 Å². The quantitative estimate of drug-likeness (QED) is 0.477. The van der Waals surface area contributed by atoms with Gasteiger partial charge in [-0.3, -0.25) is 10.1 Å². The summed E-state index contributed by atoms with van der Waals surface area (Å²) in [6, 6.07) is 3.84. The smallest absolute Gasteiger partial charge is 0.312 e. The average Bonchev–Trinajstić information content (AvgIpc) is 2.41. The summed E-state index contributed by atoms with van der Waals surface area (Å²) in [6.07, 6.45) is -0.261. The molecule has 1 aromatic carbocycles. The van der Waals surface area contributed by atoms with Crippen LogP contribution in [0.2, 0.25) is 0 Å². The fourth-order valence-electron chi connectivity index (χ4n) is 2.40. The fraction of sp³-hybridized carbons (Fsp3) is 0.500. The second-order valence-electron chi connectivity index (χ2n) is 5.15. The number of piperidine rings is 1. The molecule has 1 heterocycles. The number of para-hydroxylation sites is 1. The lowest BCUT2D eigenvalue weighted by Gasteiger charge is -2.33. The van der Waals surface area contributed by atoms with Crippen molar-refractivity contribution in [2.75, 3.05) is 18.8 Å². The van der Waals surface area contributed by atoms with E-state index in [0.717, 1.165) is 4.31 Å². The third-order valence-corrected chi connectivity index (χ3v) is 5.55. The first-order valence-electron chi connectivity index (χ1n) is 6.46. The summed E-state index contributed by atoms with van der Waals surface area (Å²) in [5, 5.41) is 20.8. The van der Waals surface area contributed by atoms with Crippen LogP contribution in [0.1, 0.15) is 13.3 Å². The van der Waals surface area contributed by atoms with E-state index < -0.39 is 31.6 Å². The molecular weight excluding hydrogens is 298 g/mol. The molecule has 1 aromatic rings. The number of nitrogens with zero attached hydrogens (tertiary/aromatic N) is 2. The van der Waals surface area contributed by atoms with Gasteiger partial charge in [-0.2, -0.15) is 4.31 Å². The summed E-state index contributed by atoms with van der Waals surface area (Å²) < 4.78 is 26.4. The number of rotatable bonds is 3. The SMILES string of the molecule is CC1CN(S(=O)(=O)c2cccc(N)c2[N+](=O)[O-])CCC1O. The molecule has 2 rings (SSSR count). The Kier molecular flexibility index (Phi) is 4.17. The first-order chi connectivity index (χ1) is 9.75. The van der Waals surface area contributed by atoms with Gasteiger partial charge in [0.25, 0.3) is 0 Å². The predicted molar refractivity (Wildman–Crippen MR) is 76.1 cm³/mol. The lowest BCUT2D eigenvalue weighted by molar-refractivity contribution is -0.386. The van der Waals surface area contributed by atoms with E-state index in [2.05, 4.69) is 0 Å². The molecule has 9 heteroatoms. The predicted octanol–water partition coefficient (Wildman–Crippen LogP) is 0.568. The van der Waals surface area contributed by atoms with Crippen LogP contribution >= 0.6 is 0 Å². The van der Waals surface area contributed by atoms with Gasteiger partial charge in [0.05, 0.1) is 11.0 Å². The van der Waals surface area contributed by atoms with Crippen LogP contribution in [-0.4, -0.2) is 41.9 Å². The van der Waals surface area contributed by atoms with Crippen molar-refractivity contribution in [1.82, 2.24) is 4.31 Å². The van der Waals surface area contributed by atoms with Crippen LogP contribution in [0.4, 0.5) is 11.4 Å². The normalized spacial score (nSPS) is 23.9. The molecule has 0 bridgehead atoms. The zero-order chi connectivity index (χ0) is 15.8. The van der Waals surface area contributed by atoms with Gasteiger partial charge in [-0.05, 0) is 24.5 Å². The van der Waals surface area contributed by atoms with Crippen molar-refractivity contribution in [2.24, 2.45) is 5.92 Å². The van der Waals surface area contributed by atoms with Gasteiger partial charge < -0.3 is 10.8 Å². The molecule has 8 nitrogen and oxygen atoms in total. The van der Waals surface area contributed by atoms with Crippen LogP contribution in [0.15, 0.2) is 23.1 Å². The number of nitro groups is 1. The van der Waals surface area contributed by atoms with Crippen molar-refractivity contribution >= 4 is 21.4 Å². The Morgan fingerprint density at radius 2 is 2.14 bits per heavy atom. The zero-order valence-corrected chi connectivity index (χ0v) is 12.3. The maximum atomic E-state index is 12.6. The molecule has 0 radical (unpaired) electrons. The Balaban J connectivity index is 2.46. The van der Waals surface area contributed by atoms with Crippen LogP contribution in [-0.2, 0) is 10.0 Å². The van der Waals surface area contributed by atoms with Crippen LogP contribution in [0.3, 0.4) is 0 Å². The lowest BCUT2D eigenvalue weighted by Crippen LogP contribution is -2.45. The Labute approximate surface area is 122 Å². The highest BCUT2D eigenvalue weighted by atomic mass is 32.2. The number of aliphatic hydroxyl groups excluding tert-OH is 1. The highest BCUT2D eigenvalue weighted by Gasteiger charge is 2.37. The maximum Gasteiger partial charge on any atom is 0.312 e. The summed E-state index contributed by atoms with van der Waals surface area (Å²) >= 11 is 0. The van der Waals surface area contributed by atoms with Gasteiger partial charge in [0, 0.05) is 13.1 Å². The summed E-state index contributed by atoms with van der Waals surface area (Å²) in [5.74, 6) is -0.228. The average molecular weight is 315 g/mol. The minimum atomic E-state index is -4.02. The maximum absolute atomic E-state index is 12.6. The molecule has 0 aliphatic carbocycles. The van der Waals surface area contributed by atoms with E-state index in [9.17, 15) is 23.6 Å². The van der Waals surface area contributed by atoms with Crippen molar-refractivity contribution in [3.63, 3.8) is 0 Å². The standard InChI is InChI=1S/C12H17N3O5S/c1-8-7-14(6-5-10(8)16)21(19,20)11-4-2-3-9(13)12(11)15(17)18/h2-4,8,10,16H,5-7,13H2,1H3. The molecule has 21 heavy (non-hydrogen) atoms. The number of hydrogen-bond acceptors (Lipinski definition) is 6. The topological polar surface area (TPSA) is 127 Å². The molecule has 3 N–H and O–H groups in total. The molecule has 1 fully saturated rings. The Morgan fingerprint density at radius 3 is 2.71 bits per heavy atom. The van der Waals surface area contributed by atoms with E-state index in [-0.39, 0.29) is 24.7 Å².